The Balaban J connectivity index is 1.26. The third kappa shape index (κ3) is 4.97. The van der Waals surface area contributed by atoms with Gasteiger partial charge >= 0.3 is 234 Å². The summed E-state index contributed by atoms with van der Waals surface area (Å²) in [5.41, 5.74) is -0.178. The molecule has 2 saturated heterocycles. The number of ether oxygens (including phenoxy) is 1. The number of likely N-dealkylation sites (tertiary alicyclic amines) is 2. The van der Waals surface area contributed by atoms with Gasteiger partial charge in [0.15, 0.2) is 0 Å². The average molecular weight is 573 g/mol. The molecule has 41 heavy (non-hydrogen) atoms. The second kappa shape index (κ2) is 11.4. The summed E-state index contributed by atoms with van der Waals surface area (Å²) in [7, 11) is -2.78. The summed E-state index contributed by atoms with van der Waals surface area (Å²) in [6.07, 6.45) is 0.938. The predicted octanol–water partition coefficient (Wildman–Crippen LogP) is 3.58. The van der Waals surface area contributed by atoms with Crippen molar-refractivity contribution in [3.05, 3.63) is 113 Å². The van der Waals surface area contributed by atoms with Crippen LogP contribution in [-0.4, -0.2) is 53.1 Å². The van der Waals surface area contributed by atoms with Gasteiger partial charge in [0.25, 0.3) is 0 Å². The second-order valence-corrected chi connectivity index (χ2v) is 14.7. The van der Waals surface area contributed by atoms with Crippen LogP contribution in [0.2, 0.25) is 0 Å². The zero-order valence-corrected chi connectivity index (χ0v) is 23.9. The molecule has 2 aliphatic rings. The molecule has 2 atom stereocenters. The van der Waals surface area contributed by atoms with E-state index in [1.807, 2.05) is 23.1 Å². The van der Waals surface area contributed by atoms with E-state index in [0.29, 0.717) is 31.8 Å². The number of nitrogens with zero attached hydrogens (tertiary/aromatic N) is 2. The quantitative estimate of drug-likeness (QED) is 0.315. The predicted molar refractivity (Wildman–Crippen MR) is 159 cm³/mol. The number of hydrogen-bond donors (Lipinski definition) is 0. The van der Waals surface area contributed by atoms with Crippen LogP contribution in [-0.2, 0) is 16.1 Å². The van der Waals surface area contributed by atoms with E-state index in [4.69, 9.17) is 13.6 Å². The monoisotopic (exact) mass is 572 g/mol. The molecule has 0 N–H and O–H groups in total. The van der Waals surface area contributed by atoms with Gasteiger partial charge in [0.1, 0.15) is 0 Å². The van der Waals surface area contributed by atoms with Crippen molar-refractivity contribution in [2.75, 3.05) is 19.6 Å². The fraction of sp³-hybridized carbons (Fsp3) is 0.281. The summed E-state index contributed by atoms with van der Waals surface area (Å²) < 4.78 is 15.2. The van der Waals surface area contributed by atoms with Gasteiger partial charge in [-0.3, -0.25) is 0 Å². The van der Waals surface area contributed by atoms with Crippen molar-refractivity contribution in [3.63, 3.8) is 0 Å². The van der Waals surface area contributed by atoms with E-state index >= 15 is 0 Å². The first-order valence-corrected chi connectivity index (χ1v) is 16.0. The Hall–Kier alpha value is -4.16. The molecule has 0 radical (unpaired) electrons. The Morgan fingerprint density at radius 2 is 1.39 bits per heavy atom. The standard InChI is InChI=1S/C32H33N2O6P/c1-23-28(40-32(37)39-23)22-38-31(36)33-19-17-24(21-33)34-20-18-29(30(34)35)41(25-11-5-2-6-12-25,26-13-7-3-8-14-26)27-15-9-4-10-16-27/h2-16,24,29,41H,17-22H2,1H3/t24-,29+/m1/s1. The van der Waals surface area contributed by atoms with E-state index < -0.39 is 19.2 Å². The first kappa shape index (κ1) is 27.0. The van der Waals surface area contributed by atoms with Gasteiger partial charge in [-0.15, -0.1) is 0 Å². The van der Waals surface area contributed by atoms with Crippen molar-refractivity contribution >= 4 is 35.2 Å². The van der Waals surface area contributed by atoms with Crippen LogP contribution >= 0.6 is 7.26 Å². The zero-order valence-electron chi connectivity index (χ0n) is 22.9. The third-order valence-corrected chi connectivity index (χ3v) is 13.8. The Morgan fingerprint density at radius 3 is 1.90 bits per heavy atom. The molecular formula is C32H33N2O6P. The van der Waals surface area contributed by atoms with Crippen molar-refractivity contribution in [1.29, 1.82) is 0 Å². The van der Waals surface area contributed by atoms with Gasteiger partial charge in [-0.2, -0.15) is 0 Å². The number of benzene rings is 3. The first-order valence-electron chi connectivity index (χ1n) is 14.0. The molecule has 0 saturated carbocycles. The molecule has 2 fully saturated rings. The SMILES string of the molecule is Cc1oc(=O)oc1COC(=O)N1CC[C@@H](N2CC[C@H]([PH](c3ccccc3)(c3ccccc3)c3ccccc3)C2=O)C1. The van der Waals surface area contributed by atoms with Crippen molar-refractivity contribution in [2.24, 2.45) is 0 Å². The number of amides is 2. The number of carbonyl (C=O) groups excluding carboxylic acids is 2. The number of aryl methyl sites for hydroxylation is 1. The molecule has 2 aliphatic heterocycles. The van der Waals surface area contributed by atoms with Crippen molar-refractivity contribution in [2.45, 2.75) is 38.1 Å². The minimum absolute atomic E-state index is 0.0809. The average Bonchev–Trinajstić information content (AvgIpc) is 3.73. The molecule has 212 valence electrons. The molecule has 0 aliphatic carbocycles. The van der Waals surface area contributed by atoms with Crippen LogP contribution < -0.4 is 21.7 Å². The number of hydrogen-bond acceptors (Lipinski definition) is 6. The van der Waals surface area contributed by atoms with Crippen LogP contribution in [0.1, 0.15) is 24.4 Å². The van der Waals surface area contributed by atoms with Crippen LogP contribution in [0.5, 0.6) is 0 Å². The normalized spacial score (nSPS) is 19.5. The molecule has 2 amide bonds. The van der Waals surface area contributed by atoms with Crippen LogP contribution in [0.3, 0.4) is 0 Å². The minimum atomic E-state index is -2.78. The van der Waals surface area contributed by atoms with Crippen LogP contribution in [0.25, 0.3) is 0 Å². The van der Waals surface area contributed by atoms with Crippen LogP contribution in [0.15, 0.2) is 105 Å². The van der Waals surface area contributed by atoms with E-state index in [1.165, 1.54) is 15.9 Å². The van der Waals surface area contributed by atoms with Gasteiger partial charge in [0.05, 0.1) is 0 Å². The van der Waals surface area contributed by atoms with Crippen molar-refractivity contribution < 1.29 is 23.2 Å². The summed E-state index contributed by atoms with van der Waals surface area (Å²) in [6.45, 7) is 2.95. The van der Waals surface area contributed by atoms with Crippen molar-refractivity contribution in [1.82, 2.24) is 9.80 Å². The Labute approximate surface area is 238 Å². The molecule has 3 heterocycles. The third-order valence-electron chi connectivity index (χ3n) is 8.47. The van der Waals surface area contributed by atoms with E-state index in [9.17, 15) is 14.4 Å². The van der Waals surface area contributed by atoms with Gasteiger partial charge in [0.2, 0.25) is 0 Å². The molecule has 3 aromatic carbocycles. The fourth-order valence-corrected chi connectivity index (χ4v) is 12.0. The molecule has 6 rings (SSSR count). The Bertz CT molecular complexity index is 1470. The topological polar surface area (TPSA) is 93.2 Å². The van der Waals surface area contributed by atoms with Gasteiger partial charge in [-0.25, -0.2) is 4.79 Å². The maximum absolute atomic E-state index is 14.5. The molecule has 0 unspecified atom stereocenters. The number of carbonyl (C=O) groups is 2. The van der Waals surface area contributed by atoms with Crippen LogP contribution in [0, 0.1) is 6.92 Å². The van der Waals surface area contributed by atoms with Crippen molar-refractivity contribution in [3.8, 4) is 0 Å². The van der Waals surface area contributed by atoms with Gasteiger partial charge in [-0.05, 0) is 0 Å². The van der Waals surface area contributed by atoms with E-state index in [1.54, 1.807) is 11.8 Å². The van der Waals surface area contributed by atoms with E-state index in [-0.39, 0.29) is 30.0 Å². The molecule has 0 spiro atoms. The first-order chi connectivity index (χ1) is 20.0. The summed E-state index contributed by atoms with van der Waals surface area (Å²) in [5, 5.41) is 3.65. The molecule has 9 heteroatoms. The zero-order chi connectivity index (χ0) is 28.4. The summed E-state index contributed by atoms with van der Waals surface area (Å²) >= 11 is 0. The summed E-state index contributed by atoms with van der Waals surface area (Å²) in [6, 6.07) is 31.5. The van der Waals surface area contributed by atoms with E-state index in [0.717, 1.165) is 6.42 Å². The van der Waals surface area contributed by atoms with Crippen LogP contribution in [0.4, 0.5) is 4.79 Å². The van der Waals surface area contributed by atoms with Gasteiger partial charge < -0.3 is 0 Å². The van der Waals surface area contributed by atoms with Gasteiger partial charge in [0, 0.05) is 0 Å². The van der Waals surface area contributed by atoms with E-state index in [2.05, 4.69) is 72.8 Å². The molecule has 1 aromatic heterocycles. The molecular weight excluding hydrogens is 539 g/mol. The fourth-order valence-electron chi connectivity index (χ4n) is 6.56. The molecule has 0 bridgehead atoms. The summed E-state index contributed by atoms with van der Waals surface area (Å²) in [4.78, 5) is 42.2. The van der Waals surface area contributed by atoms with Gasteiger partial charge in [-0.1, -0.05) is 0 Å². The maximum atomic E-state index is 14.5. The Morgan fingerprint density at radius 1 is 0.829 bits per heavy atom. The molecule has 8 nitrogen and oxygen atoms in total. The Kier molecular flexibility index (Phi) is 7.50. The summed E-state index contributed by atoms with van der Waals surface area (Å²) in [5.74, 6) is -0.179. The molecule has 4 aromatic rings. The second-order valence-electron chi connectivity index (χ2n) is 10.7. The number of rotatable bonds is 7.